The highest BCUT2D eigenvalue weighted by Crippen LogP contribution is 2.43. The Morgan fingerprint density at radius 1 is 1.65 bits per heavy atom. The van der Waals surface area contributed by atoms with Gasteiger partial charge in [-0.25, -0.2) is 4.79 Å². The number of phosphoric ester groups is 1. The van der Waals surface area contributed by atoms with Crippen molar-refractivity contribution in [1.29, 1.82) is 0 Å². The van der Waals surface area contributed by atoms with Crippen LogP contribution in [0.2, 0.25) is 0 Å². The molecule has 6 N–H and O–H groups in total. The van der Waals surface area contributed by atoms with Crippen LogP contribution in [-0.4, -0.2) is 37.9 Å². The van der Waals surface area contributed by atoms with Crippen LogP contribution in [0.3, 0.4) is 0 Å². The van der Waals surface area contributed by atoms with E-state index in [9.17, 15) is 19.3 Å². The van der Waals surface area contributed by atoms with Gasteiger partial charge in [-0.2, -0.15) is 10.5 Å². The maximum absolute atomic E-state index is 11.9. The molecular weight excluding hydrogens is 333 g/mol. The lowest BCUT2D eigenvalue weighted by Gasteiger charge is -2.18. The number of quaternary nitrogens is 1. The molecule has 0 aromatic carbocycles. The lowest BCUT2D eigenvalue weighted by Crippen LogP contribution is -2.47. The van der Waals surface area contributed by atoms with Gasteiger partial charge in [-0.15, -0.1) is 0 Å². The van der Waals surface area contributed by atoms with Crippen LogP contribution in [0.5, 0.6) is 0 Å². The fourth-order valence-corrected chi connectivity index (χ4v) is 2.65. The molecule has 0 saturated carbocycles. The maximum atomic E-state index is 11.9. The van der Waals surface area contributed by atoms with Gasteiger partial charge >= 0.3 is 13.5 Å². The van der Waals surface area contributed by atoms with E-state index in [0.29, 0.717) is 5.56 Å². The van der Waals surface area contributed by atoms with Crippen molar-refractivity contribution < 1.29 is 34.3 Å². The third-order valence-electron chi connectivity index (χ3n) is 3.61. The average molecular weight is 352 g/mol. The second-order valence-electron chi connectivity index (χ2n) is 5.51. The van der Waals surface area contributed by atoms with Crippen LogP contribution in [0.4, 0.5) is 0 Å². The SMILES string of the molecule is Cc1cn([C@H]2C[C@](C)(O)[C@@H](C[O+]P(=O)(O)O[NH3+])O2)c(=O)[nH]c1=O. The Hall–Kier alpha value is -1.33. The number of aromatic nitrogens is 2. The van der Waals surface area contributed by atoms with Crippen molar-refractivity contribution in [2.24, 2.45) is 0 Å². The molecule has 1 saturated heterocycles. The number of aromatic amines is 1. The Kier molecular flexibility index (Phi) is 4.92. The van der Waals surface area contributed by atoms with Crippen molar-refractivity contribution in [1.82, 2.24) is 9.55 Å². The summed E-state index contributed by atoms with van der Waals surface area (Å²) in [6, 6.07) is 0. The molecule has 1 aliphatic rings. The molecule has 1 aromatic rings. The molecule has 129 valence electrons. The lowest BCUT2D eigenvalue weighted by atomic mass is 9.98. The summed E-state index contributed by atoms with van der Waals surface area (Å²) in [5, 5.41) is 10.4. The molecule has 4 atom stereocenters. The Labute approximate surface area is 130 Å². The molecule has 0 aliphatic carbocycles. The Balaban J connectivity index is 2.20. The predicted molar refractivity (Wildman–Crippen MR) is 75.0 cm³/mol. The zero-order valence-electron chi connectivity index (χ0n) is 12.6. The molecule has 2 rings (SSSR count). The van der Waals surface area contributed by atoms with E-state index < -0.39 is 43.6 Å². The quantitative estimate of drug-likeness (QED) is 0.272. The van der Waals surface area contributed by atoms with Crippen molar-refractivity contribution in [3.05, 3.63) is 32.6 Å². The number of hydrogen-bond donors (Lipinski definition) is 4. The molecule has 0 amide bonds. The predicted octanol–water partition coefficient (Wildman–Crippen LogP) is -1.83. The topological polar surface area (TPSA) is 170 Å². The Morgan fingerprint density at radius 2 is 2.30 bits per heavy atom. The number of hydrogen-bond acceptors (Lipinski definition) is 7. The van der Waals surface area contributed by atoms with Crippen molar-refractivity contribution in [2.45, 2.75) is 38.2 Å². The summed E-state index contributed by atoms with van der Waals surface area (Å²) in [4.78, 5) is 34.6. The first kappa shape index (κ1) is 18.0. The van der Waals surface area contributed by atoms with Gasteiger partial charge < -0.3 is 9.84 Å². The van der Waals surface area contributed by atoms with E-state index in [1.807, 2.05) is 0 Å². The summed E-state index contributed by atoms with van der Waals surface area (Å²) in [6.45, 7) is 2.53. The van der Waals surface area contributed by atoms with E-state index in [-0.39, 0.29) is 6.42 Å². The number of rotatable bonds is 5. The van der Waals surface area contributed by atoms with Crippen LogP contribution in [0.15, 0.2) is 15.8 Å². The highest BCUT2D eigenvalue weighted by molar-refractivity contribution is 7.47. The van der Waals surface area contributed by atoms with Crippen LogP contribution in [0.1, 0.15) is 25.1 Å². The summed E-state index contributed by atoms with van der Waals surface area (Å²) < 4.78 is 26.6. The van der Waals surface area contributed by atoms with Crippen molar-refractivity contribution in [2.75, 3.05) is 6.61 Å². The van der Waals surface area contributed by atoms with Gasteiger partial charge in [-0.1, -0.05) is 0 Å². The Bertz CT molecular complexity index is 742. The first-order valence-corrected chi connectivity index (χ1v) is 8.16. The highest BCUT2D eigenvalue weighted by atomic mass is 31.2. The second-order valence-corrected chi connectivity index (χ2v) is 6.97. The molecule has 11 nitrogen and oxygen atoms in total. The first-order valence-electron chi connectivity index (χ1n) is 6.67. The summed E-state index contributed by atoms with van der Waals surface area (Å²) in [5.41, 5.74) is -2.31. The average Bonchev–Trinajstić information content (AvgIpc) is 2.75. The monoisotopic (exact) mass is 352 g/mol. The van der Waals surface area contributed by atoms with Crippen LogP contribution in [-0.2, 0) is 18.5 Å². The minimum atomic E-state index is -4.32. The van der Waals surface area contributed by atoms with E-state index in [1.165, 1.54) is 20.0 Å². The van der Waals surface area contributed by atoms with Crippen LogP contribution in [0.25, 0.3) is 0 Å². The van der Waals surface area contributed by atoms with Gasteiger partial charge in [0, 0.05) is 18.2 Å². The number of nitrogens with zero attached hydrogens (tertiary/aromatic N) is 1. The standard InChI is InChI=1S/C11H18N3O8P/c1-6-4-14(10(16)13-9(6)15)8-3-11(2,17)7(21-8)5-20-23(18,19)22-12/h4,7-8,17H,3,5H2,1-2,12H3,(H-,13,15,16,18,19)/q+1/p+1/t7-,8-,11+/m1/s1. The third-order valence-corrected chi connectivity index (χ3v) is 4.41. The molecule has 1 aromatic heterocycles. The summed E-state index contributed by atoms with van der Waals surface area (Å²) >= 11 is 0. The van der Waals surface area contributed by atoms with Crippen molar-refractivity contribution >= 4 is 7.82 Å². The third kappa shape index (κ3) is 3.96. The van der Waals surface area contributed by atoms with E-state index in [2.05, 4.69) is 20.0 Å². The fourth-order valence-electron chi connectivity index (χ4n) is 2.25. The van der Waals surface area contributed by atoms with Gasteiger partial charge in [0.05, 0.1) is 0 Å². The number of nitrogens with one attached hydrogen (secondary N) is 1. The number of ether oxygens (including phenoxy) is 1. The number of aryl methyl sites for hydroxylation is 1. The second kappa shape index (κ2) is 6.29. The van der Waals surface area contributed by atoms with Gasteiger partial charge in [0.1, 0.15) is 11.8 Å². The van der Waals surface area contributed by atoms with Gasteiger partial charge in [0.25, 0.3) is 12.2 Å². The van der Waals surface area contributed by atoms with E-state index >= 15 is 0 Å². The largest absolute Gasteiger partial charge is 0.754 e. The molecule has 23 heavy (non-hydrogen) atoms. The molecule has 0 bridgehead atoms. The molecule has 1 fully saturated rings. The summed E-state index contributed by atoms with van der Waals surface area (Å²) in [6.07, 6.45) is -0.503. The normalized spacial score (nSPS) is 30.3. The van der Waals surface area contributed by atoms with Gasteiger partial charge in [-0.05, 0) is 23.0 Å². The van der Waals surface area contributed by atoms with Gasteiger partial charge in [0.2, 0.25) is 0 Å². The highest BCUT2D eigenvalue weighted by Gasteiger charge is 2.51. The lowest BCUT2D eigenvalue weighted by molar-refractivity contribution is -0.643. The molecule has 12 heteroatoms. The zero-order chi connectivity index (χ0) is 17.4. The summed E-state index contributed by atoms with van der Waals surface area (Å²) in [7, 11) is -4.32. The first-order chi connectivity index (χ1) is 10.6. The molecule has 2 heterocycles. The Morgan fingerprint density at radius 3 is 2.91 bits per heavy atom. The maximum Gasteiger partial charge on any atom is 0.754 e. The minimum Gasteiger partial charge on any atom is -0.387 e. The summed E-state index contributed by atoms with van der Waals surface area (Å²) in [5.74, 6) is 2.81. The fraction of sp³-hybridized carbons (Fsp3) is 0.636. The van der Waals surface area contributed by atoms with Crippen LogP contribution in [0, 0.1) is 6.92 Å². The number of H-pyrrole nitrogens is 1. The van der Waals surface area contributed by atoms with E-state index in [1.54, 1.807) is 0 Å². The zero-order valence-corrected chi connectivity index (χ0v) is 13.5. The molecular formula is C11H19N3O8P+2. The number of phosphoric acid groups is 1. The minimum absolute atomic E-state index is 0.0212. The van der Waals surface area contributed by atoms with Crippen LogP contribution >= 0.6 is 7.82 Å². The van der Waals surface area contributed by atoms with E-state index in [0.717, 1.165) is 4.57 Å². The van der Waals surface area contributed by atoms with E-state index in [4.69, 9.17) is 9.63 Å². The molecule has 1 radical (unpaired) electrons. The van der Waals surface area contributed by atoms with Gasteiger partial charge in [-0.3, -0.25) is 19.2 Å². The van der Waals surface area contributed by atoms with Gasteiger partial charge in [0.15, 0.2) is 6.10 Å². The molecule has 1 aliphatic heterocycles. The molecule has 1 unspecified atom stereocenters. The smallest absolute Gasteiger partial charge is 0.387 e. The van der Waals surface area contributed by atoms with Crippen molar-refractivity contribution in [3.8, 4) is 0 Å². The van der Waals surface area contributed by atoms with Crippen molar-refractivity contribution in [3.63, 3.8) is 0 Å². The van der Waals surface area contributed by atoms with Crippen LogP contribution < -0.4 is 17.1 Å². The molecule has 0 spiro atoms. The number of aliphatic hydroxyl groups is 1.